The van der Waals surface area contributed by atoms with Crippen molar-refractivity contribution in [2.24, 2.45) is 10.1 Å². The molecule has 2 aliphatic rings. The third-order valence-electron chi connectivity index (χ3n) is 3.40. The summed E-state index contributed by atoms with van der Waals surface area (Å²) in [6.45, 7) is 6.11. The zero-order valence-electron chi connectivity index (χ0n) is 11.9. The lowest BCUT2D eigenvalue weighted by molar-refractivity contribution is -0.770. The largest absolute Gasteiger partial charge is 0.409 e. The summed E-state index contributed by atoms with van der Waals surface area (Å²) >= 11 is 3.23. The Balaban J connectivity index is 1.89. The minimum absolute atomic E-state index is 0.0528. The van der Waals surface area contributed by atoms with E-state index in [9.17, 15) is 0 Å². The molecule has 0 aliphatic carbocycles. The highest BCUT2D eigenvalue weighted by molar-refractivity contribution is 8.26. The molecule has 1 aromatic carbocycles. The van der Waals surface area contributed by atoms with E-state index >= 15 is 0 Å². The van der Waals surface area contributed by atoms with Gasteiger partial charge in [0.2, 0.25) is 6.17 Å². The van der Waals surface area contributed by atoms with Crippen LogP contribution in [0.4, 0.5) is 5.13 Å². The van der Waals surface area contributed by atoms with Gasteiger partial charge >= 0.3 is 10.3 Å². The molecule has 4 rings (SSSR count). The molecule has 21 heavy (non-hydrogen) atoms. The molecule has 3 heterocycles. The van der Waals surface area contributed by atoms with Gasteiger partial charge in [-0.3, -0.25) is 0 Å². The van der Waals surface area contributed by atoms with Crippen molar-refractivity contribution in [2.45, 2.75) is 26.9 Å². The Bertz CT molecular complexity index is 775. The summed E-state index contributed by atoms with van der Waals surface area (Å²) in [5.74, 6) is 0. The lowest BCUT2D eigenvalue weighted by Gasteiger charge is -2.22. The smallest absolute Gasteiger partial charge is 0.170 e. The number of amidine groups is 1. The van der Waals surface area contributed by atoms with Crippen molar-refractivity contribution in [1.82, 2.24) is 10.1 Å². The third kappa shape index (κ3) is 2.08. The normalized spacial score (nSPS) is 20.0. The molecule has 0 saturated carbocycles. The summed E-state index contributed by atoms with van der Waals surface area (Å²) in [7, 11) is 0. The number of thioether (sulfide) groups is 1. The number of nitrogens with zero attached hydrogens (tertiary/aromatic N) is 5. The van der Waals surface area contributed by atoms with Gasteiger partial charge in [0.15, 0.2) is 0 Å². The summed E-state index contributed by atoms with van der Waals surface area (Å²) in [6.07, 6.45) is -0.0528. The Hall–Kier alpha value is -1.73. The number of aromatic nitrogens is 2. The van der Waals surface area contributed by atoms with Crippen LogP contribution >= 0.6 is 23.1 Å². The van der Waals surface area contributed by atoms with E-state index in [4.69, 9.17) is 0 Å². The first-order valence-corrected chi connectivity index (χ1v) is 8.32. The highest BCUT2D eigenvalue weighted by atomic mass is 32.2. The predicted molar refractivity (Wildman–Crippen MR) is 86.0 cm³/mol. The van der Waals surface area contributed by atoms with E-state index in [1.165, 1.54) is 11.1 Å². The standard InChI is InChI=1S/C14H14N5S2/c1-8-4-6-11(7-5-8)12-18-13(20-9(2)16-18)15-14-19(12)17-10(3)21-14/h4-7,12H,1-3H3/q+1. The number of benzene rings is 1. The van der Waals surface area contributed by atoms with Crippen molar-refractivity contribution in [2.75, 3.05) is 0 Å². The SMILES string of the molecule is CC1=NN2C(=Nc3sc(C)n[n+]3C2c2ccc(C)cc2)S1. The van der Waals surface area contributed by atoms with Gasteiger partial charge in [-0.2, -0.15) is 10.1 Å². The molecule has 0 bridgehead atoms. The van der Waals surface area contributed by atoms with E-state index in [0.29, 0.717) is 0 Å². The van der Waals surface area contributed by atoms with E-state index in [2.05, 4.69) is 46.4 Å². The van der Waals surface area contributed by atoms with Crippen molar-refractivity contribution in [3.63, 3.8) is 0 Å². The minimum atomic E-state index is -0.0528. The van der Waals surface area contributed by atoms with Crippen LogP contribution in [0.3, 0.4) is 0 Å². The summed E-state index contributed by atoms with van der Waals surface area (Å²) < 4.78 is 1.97. The van der Waals surface area contributed by atoms with Gasteiger partial charge in [-0.15, -0.1) is 0 Å². The van der Waals surface area contributed by atoms with Crippen molar-refractivity contribution in [3.05, 3.63) is 40.4 Å². The Morgan fingerprint density at radius 1 is 1.14 bits per heavy atom. The van der Waals surface area contributed by atoms with Crippen LogP contribution in [0.15, 0.2) is 34.4 Å². The van der Waals surface area contributed by atoms with Crippen LogP contribution in [0.25, 0.3) is 0 Å². The van der Waals surface area contributed by atoms with E-state index < -0.39 is 0 Å². The number of hydrogen-bond donors (Lipinski definition) is 0. The van der Waals surface area contributed by atoms with E-state index in [1.807, 2.05) is 23.5 Å². The van der Waals surface area contributed by atoms with Gasteiger partial charge in [0, 0.05) is 10.6 Å². The number of aryl methyl sites for hydroxylation is 2. The molecule has 5 nitrogen and oxygen atoms in total. The first-order chi connectivity index (χ1) is 10.1. The summed E-state index contributed by atoms with van der Waals surface area (Å²) in [5.41, 5.74) is 2.42. The molecule has 0 spiro atoms. The van der Waals surface area contributed by atoms with Crippen LogP contribution in [0.5, 0.6) is 0 Å². The fourth-order valence-corrected chi connectivity index (χ4v) is 4.04. The molecule has 2 aliphatic heterocycles. The zero-order valence-corrected chi connectivity index (χ0v) is 13.6. The second-order valence-corrected chi connectivity index (χ2v) is 7.41. The lowest BCUT2D eigenvalue weighted by Crippen LogP contribution is -2.52. The maximum atomic E-state index is 4.68. The van der Waals surface area contributed by atoms with Crippen LogP contribution in [0, 0.1) is 13.8 Å². The molecule has 2 aromatic rings. The second-order valence-electron chi connectivity index (χ2n) is 5.09. The van der Waals surface area contributed by atoms with Crippen molar-refractivity contribution < 1.29 is 4.68 Å². The summed E-state index contributed by atoms with van der Waals surface area (Å²) in [6, 6.07) is 8.53. The molecule has 0 amide bonds. The van der Waals surface area contributed by atoms with Gasteiger partial charge in [0.1, 0.15) is 10.1 Å². The number of hydrazone groups is 1. The highest BCUT2D eigenvalue weighted by Crippen LogP contribution is 2.36. The van der Waals surface area contributed by atoms with Crippen LogP contribution in [-0.2, 0) is 0 Å². The van der Waals surface area contributed by atoms with Crippen LogP contribution < -0.4 is 4.68 Å². The lowest BCUT2D eigenvalue weighted by atomic mass is 10.1. The second kappa shape index (κ2) is 4.64. The minimum Gasteiger partial charge on any atom is -0.170 e. The van der Waals surface area contributed by atoms with Crippen LogP contribution in [0.2, 0.25) is 0 Å². The quantitative estimate of drug-likeness (QED) is 0.760. The van der Waals surface area contributed by atoms with Crippen LogP contribution in [0.1, 0.15) is 29.2 Å². The molecule has 7 heteroatoms. The van der Waals surface area contributed by atoms with Gasteiger partial charge in [-0.1, -0.05) is 39.6 Å². The molecule has 1 atom stereocenters. The van der Waals surface area contributed by atoms with Gasteiger partial charge in [0.25, 0.3) is 0 Å². The zero-order chi connectivity index (χ0) is 14.6. The number of rotatable bonds is 1. The molecule has 0 radical (unpaired) electrons. The number of fused-ring (bicyclic) bond motifs is 2. The molecule has 1 unspecified atom stereocenters. The van der Waals surface area contributed by atoms with Gasteiger partial charge < -0.3 is 0 Å². The van der Waals surface area contributed by atoms with Gasteiger partial charge in [0.05, 0.1) is 0 Å². The molecule has 0 saturated heterocycles. The Labute approximate surface area is 131 Å². The maximum absolute atomic E-state index is 4.68. The van der Waals surface area contributed by atoms with Crippen molar-refractivity contribution >= 4 is 38.4 Å². The first kappa shape index (κ1) is 13.0. The highest BCUT2D eigenvalue weighted by Gasteiger charge is 2.44. The Kier molecular flexibility index (Phi) is 2.87. The Morgan fingerprint density at radius 2 is 1.90 bits per heavy atom. The predicted octanol–water partition coefficient (Wildman–Crippen LogP) is 2.98. The Morgan fingerprint density at radius 3 is 2.67 bits per heavy atom. The fourth-order valence-electron chi connectivity index (χ4n) is 2.46. The van der Waals surface area contributed by atoms with Crippen LogP contribution in [-0.4, -0.2) is 20.3 Å². The molecular formula is C14H14N5S2+. The first-order valence-electron chi connectivity index (χ1n) is 6.68. The molecular weight excluding hydrogens is 302 g/mol. The average molecular weight is 316 g/mol. The maximum Gasteiger partial charge on any atom is 0.409 e. The third-order valence-corrected chi connectivity index (χ3v) is 5.07. The van der Waals surface area contributed by atoms with Crippen molar-refractivity contribution in [1.29, 1.82) is 0 Å². The number of aliphatic imine (C=N–C) groups is 1. The fraction of sp³-hybridized carbons (Fsp3) is 0.286. The van der Waals surface area contributed by atoms with E-state index in [-0.39, 0.29) is 6.17 Å². The van der Waals surface area contributed by atoms with E-state index in [0.717, 1.165) is 20.4 Å². The summed E-state index contributed by atoms with van der Waals surface area (Å²) in [4.78, 5) is 4.68. The van der Waals surface area contributed by atoms with Gasteiger partial charge in [-0.25, -0.2) is 0 Å². The molecule has 1 aromatic heterocycles. The monoisotopic (exact) mass is 316 g/mol. The van der Waals surface area contributed by atoms with Crippen molar-refractivity contribution in [3.8, 4) is 0 Å². The number of hydrogen-bond acceptors (Lipinski definition) is 6. The molecule has 0 fully saturated rings. The summed E-state index contributed by atoms with van der Waals surface area (Å²) in [5, 5.41) is 15.1. The van der Waals surface area contributed by atoms with E-state index in [1.54, 1.807) is 23.1 Å². The topological polar surface area (TPSA) is 44.7 Å². The molecule has 0 N–H and O–H groups in total. The average Bonchev–Trinajstić information content (AvgIpc) is 2.97. The van der Waals surface area contributed by atoms with Gasteiger partial charge in [-0.05, 0) is 43.9 Å². The molecule has 106 valence electrons.